The fourth-order valence-corrected chi connectivity index (χ4v) is 2.54. The van der Waals surface area contributed by atoms with Crippen molar-refractivity contribution in [1.29, 1.82) is 0 Å². The van der Waals surface area contributed by atoms with Gasteiger partial charge in [-0.2, -0.15) is 13.2 Å². The van der Waals surface area contributed by atoms with E-state index in [2.05, 4.69) is 5.32 Å². The minimum absolute atomic E-state index is 0.0875. The van der Waals surface area contributed by atoms with Crippen LogP contribution >= 0.6 is 0 Å². The van der Waals surface area contributed by atoms with Crippen LogP contribution in [0.5, 0.6) is 0 Å². The average molecular weight is 302 g/mol. The smallest absolute Gasteiger partial charge is 0.384 e. The van der Waals surface area contributed by atoms with Gasteiger partial charge in [0, 0.05) is 24.4 Å². The summed E-state index contributed by atoms with van der Waals surface area (Å²) in [5.41, 5.74) is -1.53. The molecule has 0 atom stereocenters. The van der Waals surface area contributed by atoms with Crippen molar-refractivity contribution in [2.75, 3.05) is 11.9 Å². The number of benzene rings is 1. The highest BCUT2D eigenvalue weighted by atomic mass is 19.4. The summed E-state index contributed by atoms with van der Waals surface area (Å²) in [5.74, 6) is 0. The van der Waals surface area contributed by atoms with Gasteiger partial charge in [-0.05, 0) is 30.7 Å². The minimum atomic E-state index is -4.62. The lowest BCUT2D eigenvalue weighted by Crippen LogP contribution is -2.18. The van der Waals surface area contributed by atoms with Crippen LogP contribution in [0.15, 0.2) is 18.2 Å². The van der Waals surface area contributed by atoms with Crippen LogP contribution in [0, 0.1) is 15.5 Å². The Kier molecular flexibility index (Phi) is 4.11. The third kappa shape index (κ3) is 3.65. The van der Waals surface area contributed by atoms with E-state index in [-0.39, 0.29) is 11.1 Å². The molecule has 0 spiro atoms. The summed E-state index contributed by atoms with van der Waals surface area (Å²) in [5, 5.41) is 13.5. The molecular weight excluding hydrogens is 285 g/mol. The van der Waals surface area contributed by atoms with Crippen molar-refractivity contribution in [1.82, 2.24) is 0 Å². The Morgan fingerprint density at radius 3 is 2.52 bits per heavy atom. The summed E-state index contributed by atoms with van der Waals surface area (Å²) in [6.07, 6.45) is -0.609. The molecule has 2 rings (SSSR count). The summed E-state index contributed by atoms with van der Waals surface area (Å²) in [4.78, 5) is 9.80. The molecule has 0 aromatic heterocycles. The maximum absolute atomic E-state index is 13.0. The second-order valence-corrected chi connectivity index (χ2v) is 5.59. The standard InChI is InChI=1S/C14H17F3N2O2/c1-2-5-13(6-7-13)9-18-12-4-3-10(19(20)21)8-11(12)14(15,16)17/h3-4,8,18H,2,5-7,9H2,1H3. The van der Waals surface area contributed by atoms with E-state index in [1.54, 1.807) is 0 Å². The number of rotatable bonds is 6. The van der Waals surface area contributed by atoms with Crippen molar-refractivity contribution in [2.24, 2.45) is 5.41 Å². The number of nitrogens with zero attached hydrogens (tertiary/aromatic N) is 1. The van der Waals surface area contributed by atoms with Gasteiger partial charge in [0.25, 0.3) is 5.69 Å². The van der Waals surface area contributed by atoms with Crippen molar-refractivity contribution >= 4 is 11.4 Å². The summed E-state index contributed by atoms with van der Waals surface area (Å²) in [6, 6.07) is 2.82. The molecule has 0 amide bonds. The summed E-state index contributed by atoms with van der Waals surface area (Å²) in [7, 11) is 0. The summed E-state index contributed by atoms with van der Waals surface area (Å²) in [6.45, 7) is 2.52. The van der Waals surface area contributed by atoms with Crippen LogP contribution in [-0.2, 0) is 6.18 Å². The maximum Gasteiger partial charge on any atom is 0.418 e. The number of nitro groups is 1. The lowest BCUT2D eigenvalue weighted by atomic mass is 10.0. The summed E-state index contributed by atoms with van der Waals surface area (Å²) < 4.78 is 39.0. The maximum atomic E-state index is 13.0. The molecule has 7 heteroatoms. The first-order valence-electron chi connectivity index (χ1n) is 6.87. The van der Waals surface area contributed by atoms with Crippen molar-refractivity contribution in [3.63, 3.8) is 0 Å². The zero-order valence-electron chi connectivity index (χ0n) is 11.7. The van der Waals surface area contributed by atoms with E-state index in [4.69, 9.17) is 0 Å². The Bertz CT molecular complexity index is 540. The first-order chi connectivity index (χ1) is 9.77. The number of anilines is 1. The number of hydrogen-bond donors (Lipinski definition) is 1. The number of hydrogen-bond acceptors (Lipinski definition) is 3. The van der Waals surface area contributed by atoms with Crippen molar-refractivity contribution in [3.8, 4) is 0 Å². The molecule has 1 aliphatic rings. The van der Waals surface area contributed by atoms with E-state index in [1.807, 2.05) is 6.92 Å². The van der Waals surface area contributed by atoms with Gasteiger partial charge in [-0.15, -0.1) is 0 Å². The predicted octanol–water partition coefficient (Wildman–Crippen LogP) is 4.61. The van der Waals surface area contributed by atoms with Crippen LogP contribution in [0.1, 0.15) is 38.2 Å². The van der Waals surface area contributed by atoms with Crippen LogP contribution in [0.3, 0.4) is 0 Å². The molecule has 1 saturated carbocycles. The highest BCUT2D eigenvalue weighted by molar-refractivity contribution is 5.57. The van der Waals surface area contributed by atoms with E-state index in [0.717, 1.165) is 37.8 Å². The molecule has 1 aromatic rings. The number of non-ortho nitro benzene ring substituents is 1. The quantitative estimate of drug-likeness (QED) is 0.617. The minimum Gasteiger partial charge on any atom is -0.384 e. The fourth-order valence-electron chi connectivity index (χ4n) is 2.54. The number of halogens is 3. The first-order valence-corrected chi connectivity index (χ1v) is 6.87. The predicted molar refractivity (Wildman–Crippen MR) is 73.2 cm³/mol. The lowest BCUT2D eigenvalue weighted by Gasteiger charge is -2.19. The number of nitrogens with one attached hydrogen (secondary N) is 1. The second-order valence-electron chi connectivity index (χ2n) is 5.59. The van der Waals surface area contributed by atoms with Crippen molar-refractivity contribution in [2.45, 2.75) is 38.8 Å². The molecule has 1 aliphatic carbocycles. The van der Waals surface area contributed by atoms with Gasteiger partial charge in [0.1, 0.15) is 0 Å². The zero-order valence-corrected chi connectivity index (χ0v) is 11.7. The second kappa shape index (κ2) is 5.54. The Labute approximate surface area is 120 Å². The molecule has 1 aromatic carbocycles. The molecule has 1 fully saturated rings. The van der Waals surface area contributed by atoms with Crippen LogP contribution < -0.4 is 5.32 Å². The molecule has 21 heavy (non-hydrogen) atoms. The van der Waals surface area contributed by atoms with Crippen molar-refractivity contribution in [3.05, 3.63) is 33.9 Å². The highest BCUT2D eigenvalue weighted by Crippen LogP contribution is 2.50. The largest absolute Gasteiger partial charge is 0.418 e. The van der Waals surface area contributed by atoms with Crippen LogP contribution in [0.25, 0.3) is 0 Å². The van der Waals surface area contributed by atoms with Gasteiger partial charge in [-0.3, -0.25) is 10.1 Å². The molecule has 1 N–H and O–H groups in total. The molecule has 0 bridgehead atoms. The van der Waals surface area contributed by atoms with Crippen LogP contribution in [-0.4, -0.2) is 11.5 Å². The van der Waals surface area contributed by atoms with Gasteiger partial charge in [0.15, 0.2) is 0 Å². The Morgan fingerprint density at radius 1 is 1.38 bits per heavy atom. The van der Waals surface area contributed by atoms with Crippen LogP contribution in [0.2, 0.25) is 0 Å². The monoisotopic (exact) mass is 302 g/mol. The van der Waals surface area contributed by atoms with E-state index >= 15 is 0 Å². The zero-order chi connectivity index (χ0) is 15.7. The number of alkyl halides is 3. The molecule has 0 saturated heterocycles. The van der Waals surface area contributed by atoms with Gasteiger partial charge >= 0.3 is 6.18 Å². The Morgan fingerprint density at radius 2 is 2.05 bits per heavy atom. The molecule has 0 heterocycles. The average Bonchev–Trinajstić information content (AvgIpc) is 3.16. The third-order valence-corrected chi connectivity index (χ3v) is 3.91. The molecular formula is C14H17F3N2O2. The molecule has 0 unspecified atom stereocenters. The van der Waals surface area contributed by atoms with Gasteiger partial charge in [0.05, 0.1) is 10.5 Å². The normalized spacial score (nSPS) is 16.6. The number of nitro benzene ring substituents is 1. The molecule has 0 radical (unpaired) electrons. The molecule has 4 nitrogen and oxygen atoms in total. The van der Waals surface area contributed by atoms with Crippen molar-refractivity contribution < 1.29 is 18.1 Å². The van der Waals surface area contributed by atoms with Gasteiger partial charge in [-0.1, -0.05) is 13.3 Å². The van der Waals surface area contributed by atoms with Gasteiger partial charge in [0.2, 0.25) is 0 Å². The van der Waals surface area contributed by atoms with Gasteiger partial charge in [-0.25, -0.2) is 0 Å². The third-order valence-electron chi connectivity index (χ3n) is 3.91. The van der Waals surface area contributed by atoms with Crippen LogP contribution in [0.4, 0.5) is 24.5 Å². The van der Waals surface area contributed by atoms with E-state index < -0.39 is 22.4 Å². The lowest BCUT2D eigenvalue weighted by molar-refractivity contribution is -0.385. The fraction of sp³-hybridized carbons (Fsp3) is 0.571. The van der Waals surface area contributed by atoms with Gasteiger partial charge < -0.3 is 5.32 Å². The highest BCUT2D eigenvalue weighted by Gasteiger charge is 2.42. The molecule has 116 valence electrons. The topological polar surface area (TPSA) is 55.2 Å². The Hall–Kier alpha value is -1.79. The van der Waals surface area contributed by atoms with E-state index in [1.165, 1.54) is 0 Å². The Balaban J connectivity index is 2.20. The SMILES string of the molecule is CCCC1(CNc2ccc([N+](=O)[O-])cc2C(F)(F)F)CC1. The first kappa shape index (κ1) is 15.6. The summed E-state index contributed by atoms with van der Waals surface area (Å²) >= 11 is 0. The molecule has 0 aliphatic heterocycles. The van der Waals surface area contributed by atoms with E-state index in [9.17, 15) is 23.3 Å². The van der Waals surface area contributed by atoms with E-state index in [0.29, 0.717) is 12.6 Å².